The number of benzene rings is 2. The highest BCUT2D eigenvalue weighted by Crippen LogP contribution is 2.22. The number of nitrogens with zero attached hydrogens (tertiary/aromatic N) is 1. The predicted molar refractivity (Wildman–Crippen MR) is 88.3 cm³/mol. The summed E-state index contributed by atoms with van der Waals surface area (Å²) in [6, 6.07) is 16.5. The van der Waals surface area contributed by atoms with Crippen LogP contribution in [0.5, 0.6) is 0 Å². The summed E-state index contributed by atoms with van der Waals surface area (Å²) in [5, 5.41) is 3.30. The van der Waals surface area contributed by atoms with Gasteiger partial charge < -0.3 is 9.73 Å². The molecule has 1 heterocycles. The van der Waals surface area contributed by atoms with E-state index in [9.17, 15) is 4.39 Å². The molecule has 23 heavy (non-hydrogen) atoms. The van der Waals surface area contributed by atoms with Crippen molar-refractivity contribution < 1.29 is 8.81 Å². The van der Waals surface area contributed by atoms with E-state index in [4.69, 9.17) is 4.42 Å². The topological polar surface area (TPSA) is 38.1 Å². The molecular weight excluding hydrogens is 291 g/mol. The van der Waals surface area contributed by atoms with E-state index in [-0.39, 0.29) is 11.9 Å². The summed E-state index contributed by atoms with van der Waals surface area (Å²) in [5.74, 6) is 1.19. The van der Waals surface area contributed by atoms with Crippen molar-refractivity contribution in [1.82, 2.24) is 10.3 Å². The fraction of sp³-hybridized carbons (Fsp3) is 0.211. The van der Waals surface area contributed by atoms with Gasteiger partial charge in [-0.25, -0.2) is 9.37 Å². The second kappa shape index (κ2) is 6.75. The molecule has 3 rings (SSSR count). The van der Waals surface area contributed by atoms with Crippen LogP contribution in [0.3, 0.4) is 0 Å². The van der Waals surface area contributed by atoms with E-state index in [2.05, 4.69) is 10.3 Å². The van der Waals surface area contributed by atoms with Crippen molar-refractivity contribution in [3.63, 3.8) is 0 Å². The highest BCUT2D eigenvalue weighted by atomic mass is 19.1. The number of aromatic nitrogens is 1. The van der Waals surface area contributed by atoms with Crippen LogP contribution in [0, 0.1) is 12.7 Å². The third kappa shape index (κ3) is 3.48. The first kappa shape index (κ1) is 15.4. The minimum Gasteiger partial charge on any atom is -0.441 e. The summed E-state index contributed by atoms with van der Waals surface area (Å²) in [5.41, 5.74) is 2.44. The zero-order valence-corrected chi connectivity index (χ0v) is 13.2. The molecule has 1 aromatic heterocycles. The average molecular weight is 310 g/mol. The summed E-state index contributed by atoms with van der Waals surface area (Å²) in [6.45, 7) is 4.35. The van der Waals surface area contributed by atoms with E-state index in [1.54, 1.807) is 12.1 Å². The molecule has 3 nitrogen and oxygen atoms in total. The normalized spacial score (nSPS) is 12.3. The van der Waals surface area contributed by atoms with Gasteiger partial charge >= 0.3 is 0 Å². The summed E-state index contributed by atoms with van der Waals surface area (Å²) in [4.78, 5) is 4.55. The number of rotatable bonds is 5. The second-order valence-electron chi connectivity index (χ2n) is 5.51. The Balaban J connectivity index is 1.72. The molecule has 0 aliphatic rings. The molecule has 118 valence electrons. The molecular formula is C19H19FN2O. The Morgan fingerprint density at radius 1 is 1.09 bits per heavy atom. The smallest absolute Gasteiger partial charge is 0.226 e. The number of nitrogens with one attached hydrogen (secondary N) is 1. The van der Waals surface area contributed by atoms with Gasteiger partial charge in [0.1, 0.15) is 11.6 Å². The molecule has 0 fully saturated rings. The molecule has 3 aromatic rings. The van der Waals surface area contributed by atoms with Crippen LogP contribution in [0.1, 0.15) is 30.0 Å². The van der Waals surface area contributed by atoms with Crippen molar-refractivity contribution in [3.05, 3.63) is 77.4 Å². The van der Waals surface area contributed by atoms with Gasteiger partial charge in [-0.05, 0) is 32.0 Å². The Hall–Kier alpha value is -2.46. The Bertz CT molecular complexity index is 783. The molecule has 0 saturated carbocycles. The van der Waals surface area contributed by atoms with Gasteiger partial charge in [-0.1, -0.05) is 36.4 Å². The van der Waals surface area contributed by atoms with Crippen LogP contribution in [0.4, 0.5) is 4.39 Å². The molecule has 0 bridgehead atoms. The lowest BCUT2D eigenvalue weighted by Crippen LogP contribution is -2.19. The van der Waals surface area contributed by atoms with E-state index in [0.717, 1.165) is 17.0 Å². The van der Waals surface area contributed by atoms with Crippen LogP contribution < -0.4 is 5.32 Å². The zero-order valence-electron chi connectivity index (χ0n) is 13.2. The van der Waals surface area contributed by atoms with Gasteiger partial charge in [0.15, 0.2) is 0 Å². The van der Waals surface area contributed by atoms with Gasteiger partial charge in [0.05, 0.1) is 5.69 Å². The number of aryl methyl sites for hydroxylation is 1. The van der Waals surface area contributed by atoms with Gasteiger partial charge in [0.25, 0.3) is 0 Å². The first-order valence-corrected chi connectivity index (χ1v) is 7.64. The third-order valence-corrected chi connectivity index (χ3v) is 3.86. The zero-order chi connectivity index (χ0) is 16.2. The highest BCUT2D eigenvalue weighted by molar-refractivity contribution is 5.53. The fourth-order valence-electron chi connectivity index (χ4n) is 2.48. The van der Waals surface area contributed by atoms with Gasteiger partial charge in [-0.2, -0.15) is 0 Å². The van der Waals surface area contributed by atoms with Crippen LogP contribution in [0.2, 0.25) is 0 Å². The molecule has 0 aliphatic heterocycles. The highest BCUT2D eigenvalue weighted by Gasteiger charge is 2.14. The minimum absolute atomic E-state index is 0.104. The lowest BCUT2D eigenvalue weighted by molar-refractivity contribution is 0.513. The minimum atomic E-state index is -0.200. The Kier molecular flexibility index (Phi) is 4.53. The number of hydrogen-bond donors (Lipinski definition) is 1. The van der Waals surface area contributed by atoms with Crippen molar-refractivity contribution in [2.45, 2.75) is 26.4 Å². The van der Waals surface area contributed by atoms with Crippen molar-refractivity contribution in [3.8, 4) is 11.5 Å². The lowest BCUT2D eigenvalue weighted by Gasteiger charge is -2.14. The molecule has 0 radical (unpaired) electrons. The van der Waals surface area contributed by atoms with E-state index in [1.165, 1.54) is 6.07 Å². The summed E-state index contributed by atoms with van der Waals surface area (Å²) >= 11 is 0. The fourth-order valence-corrected chi connectivity index (χ4v) is 2.48. The standard InChI is InChI=1S/C19H19FN2O/c1-13(16-10-6-7-11-17(16)20)21-12-18-14(2)23-19(22-18)15-8-4-3-5-9-15/h3-11,13,21H,12H2,1-2H3/t13-/m0/s1. The lowest BCUT2D eigenvalue weighted by atomic mass is 10.1. The summed E-state index contributed by atoms with van der Waals surface area (Å²) < 4.78 is 19.5. The molecule has 0 spiro atoms. The molecule has 0 aliphatic carbocycles. The van der Waals surface area contributed by atoms with Crippen molar-refractivity contribution in [2.75, 3.05) is 0 Å². The van der Waals surface area contributed by atoms with E-state index in [0.29, 0.717) is 18.0 Å². The predicted octanol–water partition coefficient (Wildman–Crippen LogP) is 4.64. The van der Waals surface area contributed by atoms with Crippen LogP contribution in [0.15, 0.2) is 59.0 Å². The van der Waals surface area contributed by atoms with Gasteiger partial charge in [0.2, 0.25) is 5.89 Å². The maximum Gasteiger partial charge on any atom is 0.226 e. The van der Waals surface area contributed by atoms with E-state index < -0.39 is 0 Å². The van der Waals surface area contributed by atoms with Crippen molar-refractivity contribution in [2.24, 2.45) is 0 Å². The Labute approximate surface area is 135 Å². The molecule has 0 unspecified atom stereocenters. The largest absolute Gasteiger partial charge is 0.441 e. The maximum absolute atomic E-state index is 13.8. The summed E-state index contributed by atoms with van der Waals surface area (Å²) in [6.07, 6.45) is 0. The van der Waals surface area contributed by atoms with Crippen molar-refractivity contribution in [1.29, 1.82) is 0 Å². The molecule has 2 aromatic carbocycles. The molecule has 1 N–H and O–H groups in total. The SMILES string of the molecule is Cc1oc(-c2ccccc2)nc1CN[C@@H](C)c1ccccc1F. The Morgan fingerprint density at radius 3 is 2.52 bits per heavy atom. The Morgan fingerprint density at radius 2 is 1.78 bits per heavy atom. The third-order valence-electron chi connectivity index (χ3n) is 3.86. The molecule has 0 amide bonds. The van der Waals surface area contributed by atoms with Crippen LogP contribution in [0.25, 0.3) is 11.5 Å². The number of oxazole rings is 1. The van der Waals surface area contributed by atoms with Gasteiger partial charge in [0, 0.05) is 23.7 Å². The molecule has 4 heteroatoms. The van der Waals surface area contributed by atoms with E-state index in [1.807, 2.05) is 50.2 Å². The van der Waals surface area contributed by atoms with Crippen LogP contribution in [-0.4, -0.2) is 4.98 Å². The van der Waals surface area contributed by atoms with Crippen LogP contribution >= 0.6 is 0 Å². The maximum atomic E-state index is 13.8. The van der Waals surface area contributed by atoms with Gasteiger partial charge in [-0.3, -0.25) is 0 Å². The van der Waals surface area contributed by atoms with Crippen LogP contribution in [-0.2, 0) is 6.54 Å². The van der Waals surface area contributed by atoms with Crippen molar-refractivity contribution >= 4 is 0 Å². The van der Waals surface area contributed by atoms with E-state index >= 15 is 0 Å². The summed E-state index contributed by atoms with van der Waals surface area (Å²) in [7, 11) is 0. The molecule has 1 atom stereocenters. The monoisotopic (exact) mass is 310 g/mol. The second-order valence-corrected chi connectivity index (χ2v) is 5.51. The van der Waals surface area contributed by atoms with Gasteiger partial charge in [-0.15, -0.1) is 0 Å². The average Bonchev–Trinajstić information content (AvgIpc) is 2.95. The quantitative estimate of drug-likeness (QED) is 0.746. The first-order chi connectivity index (χ1) is 11.1. The number of halogens is 1. The number of hydrogen-bond acceptors (Lipinski definition) is 3. The first-order valence-electron chi connectivity index (χ1n) is 7.64. The molecule has 0 saturated heterocycles.